The molecule has 31 heavy (non-hydrogen) atoms. The number of fused-ring (bicyclic) bond motifs is 2. The van der Waals surface area contributed by atoms with Crippen LogP contribution in [0, 0.1) is 0 Å². The lowest BCUT2D eigenvalue weighted by Gasteiger charge is -2.09. The maximum absolute atomic E-state index is 13.0. The third-order valence-corrected chi connectivity index (χ3v) is 4.51. The van der Waals surface area contributed by atoms with Crippen LogP contribution in [-0.4, -0.2) is 31.9 Å². The Morgan fingerprint density at radius 1 is 1.19 bits per heavy atom. The van der Waals surface area contributed by atoms with Crippen molar-refractivity contribution in [2.45, 2.75) is 6.61 Å². The zero-order chi connectivity index (χ0) is 21.8. The molecule has 1 aromatic carbocycles. The summed E-state index contributed by atoms with van der Waals surface area (Å²) in [5.41, 5.74) is 8.01. The third-order valence-electron chi connectivity index (χ3n) is 4.51. The zero-order valence-electron chi connectivity index (χ0n) is 16.7. The fraction of sp³-hybridized carbons (Fsp3) is 0.0909. The molecule has 2 N–H and O–H groups in total. The highest BCUT2D eigenvalue weighted by molar-refractivity contribution is 5.85. The molecule has 0 aliphatic rings. The number of hydrogen-bond donors (Lipinski definition) is 1. The van der Waals surface area contributed by atoms with Gasteiger partial charge in [0.25, 0.3) is 0 Å². The number of halogens is 1. The molecule has 9 heteroatoms. The molecular weight excluding hydrogens is 399 g/mol. The molecule has 0 fully saturated rings. The Hall–Kier alpha value is -4.27. The summed E-state index contributed by atoms with van der Waals surface area (Å²) in [6, 6.07) is 10.8. The van der Waals surface area contributed by atoms with Crippen molar-refractivity contribution < 1.29 is 13.9 Å². The molecule has 0 aliphatic heterocycles. The van der Waals surface area contributed by atoms with Gasteiger partial charge in [0, 0.05) is 29.4 Å². The molecule has 0 aliphatic carbocycles. The molecule has 4 aromatic rings. The van der Waals surface area contributed by atoms with Crippen LogP contribution >= 0.6 is 0 Å². The number of nitrogens with zero attached hydrogens (tertiary/aromatic N) is 5. The van der Waals surface area contributed by atoms with Crippen LogP contribution in [0.3, 0.4) is 0 Å². The number of ether oxygens (including phenoxy) is 2. The zero-order valence-corrected chi connectivity index (χ0v) is 16.7. The predicted molar refractivity (Wildman–Crippen MR) is 115 cm³/mol. The van der Waals surface area contributed by atoms with Crippen LogP contribution in [0.15, 0.2) is 73.4 Å². The second kappa shape index (κ2) is 8.62. The minimum atomic E-state index is -0.582. The van der Waals surface area contributed by atoms with Crippen molar-refractivity contribution in [3.63, 3.8) is 0 Å². The minimum absolute atomic E-state index is 0.127. The van der Waals surface area contributed by atoms with Gasteiger partial charge >= 0.3 is 0 Å². The fourth-order valence-corrected chi connectivity index (χ4v) is 2.98. The predicted octanol–water partition coefficient (Wildman–Crippen LogP) is 3.60. The SMILES string of the molecule is C=C(F)/C=C\C(=C/N)c1ccc2nnc(COc3ccnc4cc(OC)ccc34)n2n1. The number of benzene rings is 1. The van der Waals surface area contributed by atoms with Gasteiger partial charge in [-0.2, -0.15) is 9.61 Å². The number of pyridine rings is 1. The van der Waals surface area contributed by atoms with E-state index >= 15 is 0 Å². The average Bonchev–Trinajstić information content (AvgIpc) is 3.19. The Kier molecular flexibility index (Phi) is 5.57. The van der Waals surface area contributed by atoms with Gasteiger partial charge in [-0.05, 0) is 42.5 Å². The fourth-order valence-electron chi connectivity index (χ4n) is 2.98. The van der Waals surface area contributed by atoms with Gasteiger partial charge in [0.15, 0.2) is 11.5 Å². The summed E-state index contributed by atoms with van der Waals surface area (Å²) in [6.07, 6.45) is 5.71. The smallest absolute Gasteiger partial charge is 0.192 e. The van der Waals surface area contributed by atoms with Crippen molar-refractivity contribution in [2.75, 3.05) is 7.11 Å². The van der Waals surface area contributed by atoms with Crippen molar-refractivity contribution in [1.29, 1.82) is 0 Å². The van der Waals surface area contributed by atoms with Crippen LogP contribution in [-0.2, 0) is 6.61 Å². The quantitative estimate of drug-likeness (QED) is 0.458. The molecule has 3 heterocycles. The number of rotatable bonds is 7. The lowest BCUT2D eigenvalue weighted by Crippen LogP contribution is -2.06. The molecule has 0 amide bonds. The van der Waals surface area contributed by atoms with E-state index in [1.165, 1.54) is 18.4 Å². The van der Waals surface area contributed by atoms with E-state index in [1.807, 2.05) is 18.2 Å². The van der Waals surface area contributed by atoms with Crippen molar-refractivity contribution in [2.24, 2.45) is 5.73 Å². The van der Waals surface area contributed by atoms with E-state index < -0.39 is 5.83 Å². The van der Waals surface area contributed by atoms with E-state index in [0.29, 0.717) is 34.2 Å². The summed E-state index contributed by atoms with van der Waals surface area (Å²) in [4.78, 5) is 4.35. The first-order chi connectivity index (χ1) is 15.1. The van der Waals surface area contributed by atoms with Crippen molar-refractivity contribution >= 4 is 22.1 Å². The maximum atomic E-state index is 13.0. The Morgan fingerprint density at radius 3 is 2.84 bits per heavy atom. The molecule has 0 spiro atoms. The Labute approximate surface area is 177 Å². The van der Waals surface area contributed by atoms with Gasteiger partial charge in [0.05, 0.1) is 18.3 Å². The lowest BCUT2D eigenvalue weighted by molar-refractivity contribution is 0.296. The second-order valence-corrected chi connectivity index (χ2v) is 6.49. The summed E-state index contributed by atoms with van der Waals surface area (Å²) in [5, 5.41) is 13.6. The molecule has 8 nitrogen and oxygen atoms in total. The van der Waals surface area contributed by atoms with Gasteiger partial charge in [0.1, 0.15) is 23.9 Å². The summed E-state index contributed by atoms with van der Waals surface area (Å²) in [6.45, 7) is 3.33. The second-order valence-electron chi connectivity index (χ2n) is 6.49. The van der Waals surface area contributed by atoms with Gasteiger partial charge in [-0.25, -0.2) is 4.39 Å². The van der Waals surface area contributed by atoms with Crippen LogP contribution in [0.25, 0.3) is 22.1 Å². The highest BCUT2D eigenvalue weighted by Gasteiger charge is 2.11. The molecule has 0 saturated carbocycles. The van der Waals surface area contributed by atoms with E-state index in [2.05, 4.69) is 26.9 Å². The number of nitrogens with two attached hydrogens (primary N) is 1. The van der Waals surface area contributed by atoms with E-state index in [1.54, 1.807) is 36.0 Å². The van der Waals surface area contributed by atoms with Gasteiger partial charge in [-0.3, -0.25) is 4.98 Å². The first-order valence-corrected chi connectivity index (χ1v) is 9.30. The van der Waals surface area contributed by atoms with E-state index in [9.17, 15) is 4.39 Å². The van der Waals surface area contributed by atoms with Crippen molar-refractivity contribution in [3.05, 3.63) is 84.9 Å². The Morgan fingerprint density at radius 2 is 2.06 bits per heavy atom. The standard InChI is InChI=1S/C22H19FN6O2/c1-14(23)3-4-15(12-24)18-7-8-21-26-27-22(29(21)28-18)13-31-20-9-10-25-19-11-16(30-2)5-6-17(19)20/h3-12H,1,13,24H2,2H3/b4-3-,15-12+. The molecule has 0 atom stereocenters. The molecule has 0 radical (unpaired) electrons. The average molecular weight is 418 g/mol. The number of methoxy groups -OCH3 is 1. The van der Waals surface area contributed by atoms with Crippen LogP contribution < -0.4 is 15.2 Å². The first kappa shape index (κ1) is 20.0. The van der Waals surface area contributed by atoms with Crippen LogP contribution in [0.4, 0.5) is 4.39 Å². The maximum Gasteiger partial charge on any atom is 0.192 e. The summed E-state index contributed by atoms with van der Waals surface area (Å²) >= 11 is 0. The normalized spacial score (nSPS) is 12.0. The number of aromatic nitrogens is 5. The van der Waals surface area contributed by atoms with Gasteiger partial charge in [-0.15, -0.1) is 10.2 Å². The van der Waals surface area contributed by atoms with Crippen molar-refractivity contribution in [1.82, 2.24) is 24.8 Å². The largest absolute Gasteiger partial charge is 0.497 e. The van der Waals surface area contributed by atoms with Crippen molar-refractivity contribution in [3.8, 4) is 11.5 Å². The summed E-state index contributed by atoms with van der Waals surface area (Å²) in [5.74, 6) is 1.27. The minimum Gasteiger partial charge on any atom is -0.497 e. The molecule has 156 valence electrons. The van der Waals surface area contributed by atoms with Gasteiger partial charge < -0.3 is 15.2 Å². The highest BCUT2D eigenvalue weighted by atomic mass is 19.1. The van der Waals surface area contributed by atoms with E-state index in [-0.39, 0.29) is 6.61 Å². The van der Waals surface area contributed by atoms with Gasteiger partial charge in [0.2, 0.25) is 0 Å². The Bertz CT molecular complexity index is 1330. The molecule has 0 bridgehead atoms. The highest BCUT2D eigenvalue weighted by Crippen LogP contribution is 2.27. The molecule has 0 unspecified atom stereocenters. The van der Waals surface area contributed by atoms with Crippen LogP contribution in [0.1, 0.15) is 11.5 Å². The molecule has 3 aromatic heterocycles. The Balaban J connectivity index is 1.62. The van der Waals surface area contributed by atoms with Crippen LogP contribution in [0.2, 0.25) is 0 Å². The first-order valence-electron chi connectivity index (χ1n) is 9.30. The third kappa shape index (κ3) is 4.20. The monoisotopic (exact) mass is 418 g/mol. The van der Waals surface area contributed by atoms with E-state index in [4.69, 9.17) is 15.2 Å². The molecule has 0 saturated heterocycles. The molecule has 4 rings (SSSR count). The molecular formula is C22H19FN6O2. The van der Waals surface area contributed by atoms with Gasteiger partial charge in [-0.1, -0.05) is 6.58 Å². The number of allylic oxidation sites excluding steroid dienone is 4. The lowest BCUT2D eigenvalue weighted by atomic mass is 10.2. The summed E-state index contributed by atoms with van der Waals surface area (Å²) < 4.78 is 25.8. The topological polar surface area (TPSA) is 100 Å². The number of hydrogen-bond acceptors (Lipinski definition) is 7. The summed E-state index contributed by atoms with van der Waals surface area (Å²) in [7, 11) is 1.61. The van der Waals surface area contributed by atoms with Crippen LogP contribution in [0.5, 0.6) is 11.5 Å². The van der Waals surface area contributed by atoms with E-state index in [0.717, 1.165) is 10.9 Å².